The first-order chi connectivity index (χ1) is 16.7. The van der Waals surface area contributed by atoms with Crippen LogP contribution < -0.4 is 15.9 Å². The van der Waals surface area contributed by atoms with Gasteiger partial charge in [0.1, 0.15) is 23.6 Å². The first kappa shape index (κ1) is 20.9. The molecule has 0 spiro atoms. The van der Waals surface area contributed by atoms with E-state index in [1.54, 1.807) is 0 Å². The minimum Gasteiger partial charge on any atom is -0.487 e. The van der Waals surface area contributed by atoms with Gasteiger partial charge in [-0.05, 0) is 36.6 Å². The van der Waals surface area contributed by atoms with Crippen molar-refractivity contribution in [1.29, 1.82) is 0 Å². The Balaban J connectivity index is 1.47. The van der Waals surface area contributed by atoms with Gasteiger partial charge in [0.05, 0.1) is 15.6 Å². The highest BCUT2D eigenvalue weighted by Crippen LogP contribution is 2.35. The van der Waals surface area contributed by atoms with Crippen LogP contribution in [0.2, 0.25) is 0 Å². The molecule has 1 N–H and O–H groups in total. The molecular weight excluding hydrogens is 446 g/mol. The van der Waals surface area contributed by atoms with Crippen LogP contribution >= 0.6 is 11.5 Å². The molecule has 1 aliphatic carbocycles. The van der Waals surface area contributed by atoms with Crippen LogP contribution in [0.5, 0.6) is 5.75 Å². The van der Waals surface area contributed by atoms with Crippen molar-refractivity contribution in [3.8, 4) is 17.0 Å². The van der Waals surface area contributed by atoms with Crippen LogP contribution in [0.3, 0.4) is 0 Å². The number of hydrogen-bond acceptors (Lipinski definition) is 5. The fraction of sp³-hybridized carbons (Fsp3) is 0.222. The van der Waals surface area contributed by atoms with E-state index < -0.39 is 0 Å². The lowest BCUT2D eigenvalue weighted by Gasteiger charge is -2.10. The van der Waals surface area contributed by atoms with Gasteiger partial charge in [-0.1, -0.05) is 72.9 Å². The standard InChI is InChI=1S/C27H23N3O3S/c31-26-23(19-12-6-13-20-25(19)34-30(27(20)32)18-10-4-5-11-18)29-24-21(28-26)14-7-15-22(24)33-16-17-8-2-1-3-9-17/h1-3,6-9,12-15,18H,4-5,10-11,16H2,(H,28,31). The Bertz CT molecular complexity index is 1610. The number of fused-ring (bicyclic) bond motifs is 2. The molecule has 0 saturated heterocycles. The molecule has 0 radical (unpaired) electrons. The summed E-state index contributed by atoms with van der Waals surface area (Å²) < 4.78 is 8.78. The summed E-state index contributed by atoms with van der Waals surface area (Å²) in [5, 5.41) is 0.643. The number of benzene rings is 3. The fourth-order valence-electron chi connectivity index (χ4n) is 4.74. The van der Waals surface area contributed by atoms with Crippen molar-refractivity contribution in [2.24, 2.45) is 0 Å². The summed E-state index contributed by atoms with van der Waals surface area (Å²) in [5.41, 5.74) is 2.97. The van der Waals surface area contributed by atoms with Crippen LogP contribution in [0.1, 0.15) is 37.3 Å². The van der Waals surface area contributed by atoms with Gasteiger partial charge in [0.15, 0.2) is 0 Å². The molecule has 5 aromatic rings. The molecule has 1 fully saturated rings. The summed E-state index contributed by atoms with van der Waals surface area (Å²) in [4.78, 5) is 33.9. The van der Waals surface area contributed by atoms with Gasteiger partial charge in [0.25, 0.3) is 11.1 Å². The van der Waals surface area contributed by atoms with Gasteiger partial charge in [0.2, 0.25) is 0 Å². The number of para-hydroxylation sites is 1. The van der Waals surface area contributed by atoms with Gasteiger partial charge in [-0.2, -0.15) is 0 Å². The molecule has 0 amide bonds. The molecule has 1 aliphatic rings. The summed E-state index contributed by atoms with van der Waals surface area (Å²) in [6, 6.07) is 21.2. The number of ether oxygens (including phenoxy) is 1. The molecular formula is C27H23N3O3S. The maximum Gasteiger partial charge on any atom is 0.275 e. The highest BCUT2D eigenvalue weighted by molar-refractivity contribution is 7.14. The zero-order valence-electron chi connectivity index (χ0n) is 18.5. The number of nitrogens with zero attached hydrogens (tertiary/aromatic N) is 2. The van der Waals surface area contributed by atoms with Crippen molar-refractivity contribution in [2.45, 2.75) is 38.3 Å². The van der Waals surface area contributed by atoms with Crippen LogP contribution in [0.25, 0.3) is 32.4 Å². The molecule has 0 unspecified atom stereocenters. The Labute approximate surface area is 199 Å². The monoisotopic (exact) mass is 469 g/mol. The normalized spacial score (nSPS) is 14.2. The van der Waals surface area contributed by atoms with Gasteiger partial charge < -0.3 is 9.72 Å². The molecule has 1 saturated carbocycles. The molecule has 2 heterocycles. The van der Waals surface area contributed by atoms with E-state index in [0.29, 0.717) is 40.0 Å². The van der Waals surface area contributed by atoms with Gasteiger partial charge in [-0.3, -0.25) is 13.5 Å². The topological polar surface area (TPSA) is 77.0 Å². The number of H-pyrrole nitrogens is 1. The Kier molecular flexibility index (Phi) is 5.26. The van der Waals surface area contributed by atoms with Crippen LogP contribution in [0.15, 0.2) is 76.3 Å². The minimum atomic E-state index is -0.284. The predicted octanol–water partition coefficient (Wildman–Crippen LogP) is 5.66. The van der Waals surface area contributed by atoms with Crippen LogP contribution in [0.4, 0.5) is 0 Å². The van der Waals surface area contributed by atoms with Crippen LogP contribution in [-0.2, 0) is 6.61 Å². The SMILES string of the molecule is O=c1[nH]c2cccc(OCc3ccccc3)c2nc1-c1cccc2c(=O)n(C3CCCC3)sc12. The van der Waals surface area contributed by atoms with Gasteiger partial charge in [-0.15, -0.1) is 0 Å². The van der Waals surface area contributed by atoms with Crippen LogP contribution in [-0.4, -0.2) is 13.9 Å². The molecule has 2 aromatic heterocycles. The third-order valence-corrected chi connectivity index (χ3v) is 7.75. The Morgan fingerprint density at radius 3 is 2.59 bits per heavy atom. The zero-order valence-corrected chi connectivity index (χ0v) is 19.3. The second kappa shape index (κ2) is 8.57. The third-order valence-electron chi connectivity index (χ3n) is 6.47. The second-order valence-corrected chi connectivity index (χ2v) is 9.67. The maximum atomic E-state index is 13.1. The average Bonchev–Trinajstić information content (AvgIpc) is 3.51. The molecule has 7 heteroatoms. The number of hydrogen-bond donors (Lipinski definition) is 1. The molecule has 0 aliphatic heterocycles. The third kappa shape index (κ3) is 3.62. The van der Waals surface area contributed by atoms with E-state index in [9.17, 15) is 9.59 Å². The van der Waals surface area contributed by atoms with E-state index in [2.05, 4.69) is 4.98 Å². The number of rotatable bonds is 5. The Hall–Kier alpha value is -3.71. The lowest BCUT2D eigenvalue weighted by atomic mass is 10.1. The minimum absolute atomic E-state index is 0.0258. The van der Waals surface area contributed by atoms with Gasteiger partial charge >= 0.3 is 0 Å². The van der Waals surface area contributed by atoms with Crippen LogP contribution in [0, 0.1) is 0 Å². The summed E-state index contributed by atoms with van der Waals surface area (Å²) in [5.74, 6) is 0.600. The highest BCUT2D eigenvalue weighted by Gasteiger charge is 2.23. The van der Waals surface area contributed by atoms with E-state index in [1.165, 1.54) is 11.5 Å². The lowest BCUT2D eigenvalue weighted by Crippen LogP contribution is -2.16. The summed E-state index contributed by atoms with van der Waals surface area (Å²) in [6.45, 7) is 0.400. The molecule has 170 valence electrons. The van der Waals surface area contributed by atoms with Gasteiger partial charge in [-0.25, -0.2) is 4.98 Å². The average molecular weight is 470 g/mol. The van der Waals surface area contributed by atoms with E-state index >= 15 is 0 Å². The zero-order chi connectivity index (χ0) is 23.1. The van der Waals surface area contributed by atoms with Crippen molar-refractivity contribution < 1.29 is 4.74 Å². The highest BCUT2D eigenvalue weighted by atomic mass is 32.1. The van der Waals surface area contributed by atoms with Gasteiger partial charge in [0, 0.05) is 11.6 Å². The van der Waals surface area contributed by atoms with Crippen molar-refractivity contribution in [1.82, 2.24) is 13.9 Å². The van der Waals surface area contributed by atoms with Crippen molar-refractivity contribution in [3.05, 3.63) is 93.0 Å². The number of aromatic amines is 1. The maximum absolute atomic E-state index is 13.1. The smallest absolute Gasteiger partial charge is 0.275 e. The quantitative estimate of drug-likeness (QED) is 0.360. The molecule has 0 bridgehead atoms. The van der Waals surface area contributed by atoms with Crippen molar-refractivity contribution >= 4 is 32.7 Å². The van der Waals surface area contributed by atoms with E-state index in [0.717, 1.165) is 35.9 Å². The molecule has 34 heavy (non-hydrogen) atoms. The number of aromatic nitrogens is 3. The van der Waals surface area contributed by atoms with E-state index in [4.69, 9.17) is 9.72 Å². The van der Waals surface area contributed by atoms with Crippen molar-refractivity contribution in [3.63, 3.8) is 0 Å². The lowest BCUT2D eigenvalue weighted by molar-refractivity contribution is 0.309. The first-order valence-corrected chi connectivity index (χ1v) is 12.3. The summed E-state index contributed by atoms with van der Waals surface area (Å²) >= 11 is 1.45. The first-order valence-electron chi connectivity index (χ1n) is 11.5. The second-order valence-electron chi connectivity index (χ2n) is 8.68. The fourth-order valence-corrected chi connectivity index (χ4v) is 6.00. The molecule has 3 aromatic carbocycles. The molecule has 6 nitrogen and oxygen atoms in total. The number of nitrogens with one attached hydrogen (secondary N) is 1. The predicted molar refractivity (Wildman–Crippen MR) is 136 cm³/mol. The Morgan fingerprint density at radius 1 is 0.971 bits per heavy atom. The van der Waals surface area contributed by atoms with Crippen molar-refractivity contribution in [2.75, 3.05) is 0 Å². The van der Waals surface area contributed by atoms with E-state index in [-0.39, 0.29) is 17.2 Å². The summed E-state index contributed by atoms with van der Waals surface area (Å²) in [7, 11) is 0. The summed E-state index contributed by atoms with van der Waals surface area (Å²) in [6.07, 6.45) is 4.35. The largest absolute Gasteiger partial charge is 0.487 e. The molecule has 0 atom stereocenters. The Morgan fingerprint density at radius 2 is 1.76 bits per heavy atom. The van der Waals surface area contributed by atoms with E-state index in [1.807, 2.05) is 70.7 Å². The molecule has 6 rings (SSSR count).